The average Bonchev–Trinajstić information content (AvgIpc) is 2.59. The minimum absolute atomic E-state index is 0.0424. The molecular weight excluding hydrogens is 306 g/mol. The summed E-state index contributed by atoms with van der Waals surface area (Å²) in [5.74, 6) is 1.42. The Hall–Kier alpha value is -2.28. The van der Waals surface area contributed by atoms with Gasteiger partial charge < -0.3 is 15.3 Å². The number of aliphatic hydroxyl groups excluding tert-OH is 1. The smallest absolute Gasteiger partial charge is 0.230 e. The van der Waals surface area contributed by atoms with Crippen LogP contribution in [0.2, 0.25) is 0 Å². The van der Waals surface area contributed by atoms with Gasteiger partial charge in [0.05, 0.1) is 16.9 Å². The molecule has 2 aliphatic rings. The first-order valence-corrected chi connectivity index (χ1v) is 8.41. The fraction of sp³-hybridized carbons (Fsp3) is 0.529. The molecule has 2 aliphatic heterocycles. The van der Waals surface area contributed by atoms with Gasteiger partial charge in [0.15, 0.2) is 5.65 Å². The predicted octanol–water partition coefficient (Wildman–Crippen LogP) is 0.801. The molecule has 2 atom stereocenters. The zero-order valence-electron chi connectivity index (χ0n) is 13.7. The summed E-state index contributed by atoms with van der Waals surface area (Å²) < 4.78 is 0. The number of aliphatic hydroxyl groups is 1. The van der Waals surface area contributed by atoms with Gasteiger partial charge in [0.25, 0.3) is 0 Å². The van der Waals surface area contributed by atoms with E-state index in [1.54, 1.807) is 6.20 Å². The maximum absolute atomic E-state index is 12.5. The second kappa shape index (κ2) is 5.66. The van der Waals surface area contributed by atoms with Gasteiger partial charge in [-0.05, 0) is 38.3 Å². The number of aromatic nitrogens is 3. The summed E-state index contributed by atoms with van der Waals surface area (Å²) >= 11 is 0. The summed E-state index contributed by atoms with van der Waals surface area (Å²) in [5.41, 5.74) is -0.0857. The third kappa shape index (κ3) is 2.31. The number of nitrogens with zero attached hydrogens (tertiary/aromatic N) is 4. The molecule has 1 amide bonds. The van der Waals surface area contributed by atoms with Crippen molar-refractivity contribution in [3.63, 3.8) is 0 Å². The lowest BCUT2D eigenvalue weighted by Crippen LogP contribution is -2.61. The van der Waals surface area contributed by atoms with Gasteiger partial charge in [0.1, 0.15) is 11.6 Å². The minimum atomic E-state index is -0.746. The van der Waals surface area contributed by atoms with E-state index in [9.17, 15) is 9.90 Å². The number of aryl methyl sites for hydroxylation is 1. The minimum Gasteiger partial charge on any atom is -0.392 e. The van der Waals surface area contributed by atoms with Gasteiger partial charge in [0, 0.05) is 25.8 Å². The molecule has 2 N–H and O–H groups in total. The molecule has 0 radical (unpaired) electrons. The van der Waals surface area contributed by atoms with Gasteiger partial charge in [-0.15, -0.1) is 0 Å². The highest BCUT2D eigenvalue weighted by molar-refractivity contribution is 5.89. The number of carbonyl (C=O) groups excluding carboxylic acids is 1. The maximum atomic E-state index is 12.5. The van der Waals surface area contributed by atoms with Crippen LogP contribution in [-0.4, -0.2) is 51.7 Å². The molecule has 0 saturated carbocycles. The zero-order chi connectivity index (χ0) is 16.7. The van der Waals surface area contributed by atoms with Crippen LogP contribution in [0.5, 0.6) is 0 Å². The molecule has 2 fully saturated rings. The van der Waals surface area contributed by atoms with Crippen molar-refractivity contribution in [1.29, 1.82) is 0 Å². The second-order valence-electron chi connectivity index (χ2n) is 6.71. The van der Waals surface area contributed by atoms with Crippen LogP contribution in [-0.2, 0) is 4.79 Å². The molecular formula is C17H21N5O2. The molecule has 1 spiro atoms. The van der Waals surface area contributed by atoms with Crippen molar-refractivity contribution in [3.8, 4) is 0 Å². The van der Waals surface area contributed by atoms with Gasteiger partial charge in [-0.3, -0.25) is 4.79 Å². The van der Waals surface area contributed by atoms with E-state index in [1.165, 1.54) is 0 Å². The van der Waals surface area contributed by atoms with E-state index in [4.69, 9.17) is 0 Å². The Labute approximate surface area is 140 Å². The lowest BCUT2D eigenvalue weighted by atomic mass is 9.71. The number of rotatable bonds is 1. The summed E-state index contributed by atoms with van der Waals surface area (Å²) in [6, 6.07) is 3.82. The van der Waals surface area contributed by atoms with Crippen LogP contribution in [0, 0.1) is 12.3 Å². The first-order chi connectivity index (χ1) is 11.6. The van der Waals surface area contributed by atoms with E-state index >= 15 is 0 Å². The number of hydrogen-bond acceptors (Lipinski definition) is 6. The SMILES string of the molecule is Cc1nc(N2CC[C@H](O)[C@@]3(CCCNC3=O)C2)c2cccnc2n1. The topological polar surface area (TPSA) is 91.2 Å². The van der Waals surface area contributed by atoms with Gasteiger partial charge in [0.2, 0.25) is 5.91 Å². The zero-order valence-corrected chi connectivity index (χ0v) is 13.7. The Morgan fingerprint density at radius 3 is 3.12 bits per heavy atom. The Morgan fingerprint density at radius 2 is 2.29 bits per heavy atom. The Bertz CT molecular complexity index is 796. The van der Waals surface area contributed by atoms with Crippen LogP contribution in [0.3, 0.4) is 0 Å². The molecule has 4 heterocycles. The fourth-order valence-corrected chi connectivity index (χ4v) is 3.92. The van der Waals surface area contributed by atoms with Crippen molar-refractivity contribution >= 4 is 22.8 Å². The molecule has 7 heteroatoms. The second-order valence-corrected chi connectivity index (χ2v) is 6.71. The number of anilines is 1. The number of nitrogens with one attached hydrogen (secondary N) is 1. The van der Waals surface area contributed by atoms with Crippen molar-refractivity contribution in [2.75, 3.05) is 24.5 Å². The highest BCUT2D eigenvalue weighted by atomic mass is 16.3. The molecule has 0 aromatic carbocycles. The van der Waals surface area contributed by atoms with E-state index in [0.29, 0.717) is 43.9 Å². The predicted molar refractivity (Wildman–Crippen MR) is 89.6 cm³/mol. The van der Waals surface area contributed by atoms with Gasteiger partial charge in [-0.2, -0.15) is 0 Å². The quantitative estimate of drug-likeness (QED) is 0.805. The van der Waals surface area contributed by atoms with Crippen LogP contribution in [0.15, 0.2) is 18.3 Å². The van der Waals surface area contributed by atoms with Gasteiger partial charge >= 0.3 is 0 Å². The van der Waals surface area contributed by atoms with E-state index < -0.39 is 11.5 Å². The lowest BCUT2D eigenvalue weighted by Gasteiger charge is -2.47. The Kier molecular flexibility index (Phi) is 3.60. The summed E-state index contributed by atoms with van der Waals surface area (Å²) in [5, 5.41) is 14.4. The van der Waals surface area contributed by atoms with Crippen molar-refractivity contribution in [3.05, 3.63) is 24.2 Å². The largest absolute Gasteiger partial charge is 0.392 e. The molecule has 24 heavy (non-hydrogen) atoms. The van der Waals surface area contributed by atoms with Gasteiger partial charge in [-0.25, -0.2) is 15.0 Å². The standard InChI is InChI=1S/C17H21N5O2/c1-11-20-14-12(4-2-7-18-14)15(21-11)22-9-5-13(23)17(10-22)6-3-8-19-16(17)24/h2,4,7,13,23H,3,5-6,8-10H2,1H3,(H,19,24)/t13-,17+/m0/s1. The van der Waals surface area contributed by atoms with Crippen LogP contribution in [0.25, 0.3) is 11.0 Å². The molecule has 4 rings (SSSR count). The molecule has 2 saturated heterocycles. The molecule has 2 aromatic rings. The third-order valence-corrected chi connectivity index (χ3v) is 5.18. The average molecular weight is 327 g/mol. The van der Waals surface area contributed by atoms with Crippen molar-refractivity contribution in [1.82, 2.24) is 20.3 Å². The van der Waals surface area contributed by atoms with E-state index in [-0.39, 0.29) is 5.91 Å². The van der Waals surface area contributed by atoms with E-state index in [0.717, 1.165) is 17.6 Å². The summed E-state index contributed by atoms with van der Waals surface area (Å²) in [7, 11) is 0. The van der Waals surface area contributed by atoms with Crippen LogP contribution in [0.1, 0.15) is 25.1 Å². The monoisotopic (exact) mass is 327 g/mol. The van der Waals surface area contributed by atoms with Crippen molar-refractivity contribution in [2.24, 2.45) is 5.41 Å². The first-order valence-electron chi connectivity index (χ1n) is 8.41. The third-order valence-electron chi connectivity index (χ3n) is 5.18. The highest BCUT2D eigenvalue weighted by Gasteiger charge is 2.50. The lowest BCUT2D eigenvalue weighted by molar-refractivity contribution is -0.142. The van der Waals surface area contributed by atoms with Crippen LogP contribution < -0.4 is 10.2 Å². The summed E-state index contributed by atoms with van der Waals surface area (Å²) in [6.07, 6.45) is 3.26. The number of pyridine rings is 1. The molecule has 0 bridgehead atoms. The van der Waals surface area contributed by atoms with Crippen LogP contribution >= 0.6 is 0 Å². The van der Waals surface area contributed by atoms with Gasteiger partial charge in [-0.1, -0.05) is 0 Å². The normalized spacial score (nSPS) is 27.5. The summed E-state index contributed by atoms with van der Waals surface area (Å²) in [6.45, 7) is 3.67. The number of piperidine rings is 2. The molecule has 0 aliphatic carbocycles. The molecule has 0 unspecified atom stereocenters. The summed E-state index contributed by atoms with van der Waals surface area (Å²) in [4.78, 5) is 28.0. The van der Waals surface area contributed by atoms with Crippen molar-refractivity contribution in [2.45, 2.75) is 32.3 Å². The molecule has 126 valence electrons. The Morgan fingerprint density at radius 1 is 1.42 bits per heavy atom. The molecule has 2 aromatic heterocycles. The number of carbonyl (C=O) groups is 1. The molecule has 7 nitrogen and oxygen atoms in total. The Balaban J connectivity index is 1.76. The van der Waals surface area contributed by atoms with E-state index in [2.05, 4.69) is 25.2 Å². The number of hydrogen-bond donors (Lipinski definition) is 2. The maximum Gasteiger partial charge on any atom is 0.230 e. The van der Waals surface area contributed by atoms with Crippen LogP contribution in [0.4, 0.5) is 5.82 Å². The number of fused-ring (bicyclic) bond motifs is 1. The fourth-order valence-electron chi connectivity index (χ4n) is 3.92. The van der Waals surface area contributed by atoms with Crippen molar-refractivity contribution < 1.29 is 9.90 Å². The van der Waals surface area contributed by atoms with E-state index in [1.807, 2.05) is 19.1 Å². The number of amides is 1. The highest BCUT2D eigenvalue weighted by Crippen LogP contribution is 2.39. The first kappa shape index (κ1) is 15.3.